The number of hydrogen-bond acceptors (Lipinski definition) is 3. The molecule has 0 fully saturated rings. The van der Waals surface area contributed by atoms with Gasteiger partial charge in [0, 0.05) is 27.7 Å². The number of nitrogens with zero attached hydrogens (tertiary/aromatic N) is 5. The first-order valence-electron chi connectivity index (χ1n) is 13.4. The van der Waals surface area contributed by atoms with Crippen LogP contribution in [0.25, 0.3) is 77.4 Å². The number of imidazole rings is 1. The second kappa shape index (κ2) is 7.98. The number of pyridine rings is 3. The minimum absolute atomic E-state index is 0.845. The Bertz CT molecular complexity index is 2430. The van der Waals surface area contributed by atoms with Crippen LogP contribution in [-0.4, -0.2) is 23.9 Å². The lowest BCUT2D eigenvalue weighted by Gasteiger charge is -2.11. The van der Waals surface area contributed by atoms with E-state index in [-0.39, 0.29) is 0 Å². The van der Waals surface area contributed by atoms with Gasteiger partial charge in [0.15, 0.2) is 0 Å². The largest absolute Gasteiger partial charge is 0.294 e. The van der Waals surface area contributed by atoms with Crippen molar-refractivity contribution in [2.75, 3.05) is 0 Å². The van der Waals surface area contributed by atoms with Crippen LogP contribution in [0, 0.1) is 0 Å². The summed E-state index contributed by atoms with van der Waals surface area (Å²) in [6.07, 6.45) is 1.81. The molecule has 0 aliphatic rings. The Balaban J connectivity index is 1.46. The van der Waals surface area contributed by atoms with Crippen LogP contribution in [0.1, 0.15) is 0 Å². The van der Waals surface area contributed by atoms with E-state index in [1.54, 1.807) is 6.20 Å². The average molecular weight is 512 g/mol. The van der Waals surface area contributed by atoms with E-state index >= 15 is 0 Å². The molecule has 0 saturated carbocycles. The number of fused-ring (bicyclic) bond motifs is 11. The Hall–Kier alpha value is -5.55. The molecule has 0 saturated heterocycles. The first kappa shape index (κ1) is 21.4. The molecule has 0 radical (unpaired) electrons. The normalized spacial score (nSPS) is 12.0. The highest BCUT2D eigenvalue weighted by molar-refractivity contribution is 6.21. The fourth-order valence-electron chi connectivity index (χ4n) is 6.22. The highest BCUT2D eigenvalue weighted by Crippen LogP contribution is 2.39. The standard InChI is InChI=1S/C35H21N5/c1-5-16-31-22(10-1)24-20-25-23-11-2-4-15-30(23)39(34-18-9-14-28(37-34)27-12-7-8-19-36-27)33(25)21-26(24)35-38-29-13-3-6-17-32(29)40(31)35/h1-21H. The Morgan fingerprint density at radius 2 is 1.18 bits per heavy atom. The van der Waals surface area contributed by atoms with Crippen LogP contribution < -0.4 is 0 Å². The van der Waals surface area contributed by atoms with E-state index < -0.39 is 0 Å². The highest BCUT2D eigenvalue weighted by Gasteiger charge is 2.19. The molecule has 9 rings (SSSR count). The summed E-state index contributed by atoms with van der Waals surface area (Å²) in [5.74, 6) is 0.860. The van der Waals surface area contributed by atoms with E-state index in [0.717, 1.165) is 55.8 Å². The molecule has 0 atom stereocenters. The molecule has 186 valence electrons. The smallest absolute Gasteiger partial charge is 0.146 e. The maximum atomic E-state index is 5.14. The summed E-state index contributed by atoms with van der Waals surface area (Å²) in [4.78, 5) is 14.8. The van der Waals surface area contributed by atoms with E-state index in [0.29, 0.717) is 0 Å². The van der Waals surface area contributed by atoms with Crippen molar-refractivity contribution in [2.24, 2.45) is 0 Å². The molecule has 40 heavy (non-hydrogen) atoms. The Morgan fingerprint density at radius 3 is 2.02 bits per heavy atom. The quantitative estimate of drug-likeness (QED) is 0.219. The number of aromatic nitrogens is 5. The predicted octanol–water partition coefficient (Wildman–Crippen LogP) is 8.35. The first-order chi connectivity index (χ1) is 19.8. The summed E-state index contributed by atoms with van der Waals surface area (Å²) < 4.78 is 4.57. The van der Waals surface area contributed by atoms with Crippen molar-refractivity contribution in [2.45, 2.75) is 0 Å². The molecular formula is C35H21N5. The minimum Gasteiger partial charge on any atom is -0.294 e. The van der Waals surface area contributed by atoms with Crippen LogP contribution in [-0.2, 0) is 0 Å². The van der Waals surface area contributed by atoms with Crippen molar-refractivity contribution in [3.8, 4) is 17.2 Å². The summed E-state index contributed by atoms with van der Waals surface area (Å²) in [7, 11) is 0. The molecule has 5 heterocycles. The zero-order valence-electron chi connectivity index (χ0n) is 21.4. The Morgan fingerprint density at radius 1 is 0.450 bits per heavy atom. The molecule has 0 unspecified atom stereocenters. The van der Waals surface area contributed by atoms with E-state index in [4.69, 9.17) is 9.97 Å². The van der Waals surface area contributed by atoms with E-state index in [9.17, 15) is 0 Å². The third-order valence-electron chi connectivity index (χ3n) is 7.94. The first-order valence-corrected chi connectivity index (χ1v) is 13.4. The summed E-state index contributed by atoms with van der Waals surface area (Å²) in [6, 6.07) is 42.3. The molecule has 4 aromatic carbocycles. The van der Waals surface area contributed by atoms with Gasteiger partial charge in [0.1, 0.15) is 11.5 Å². The van der Waals surface area contributed by atoms with Crippen molar-refractivity contribution >= 4 is 60.2 Å². The fraction of sp³-hybridized carbons (Fsp3) is 0. The molecule has 5 nitrogen and oxygen atoms in total. The zero-order valence-corrected chi connectivity index (χ0v) is 21.4. The van der Waals surface area contributed by atoms with Crippen LogP contribution in [0.2, 0.25) is 0 Å². The molecule has 5 heteroatoms. The van der Waals surface area contributed by atoms with Gasteiger partial charge in [0.25, 0.3) is 0 Å². The molecule has 0 bridgehead atoms. The molecule has 0 N–H and O–H groups in total. The van der Waals surface area contributed by atoms with Crippen molar-refractivity contribution in [3.05, 3.63) is 128 Å². The number of hydrogen-bond donors (Lipinski definition) is 0. The Kier molecular flexibility index (Phi) is 4.27. The second-order valence-corrected chi connectivity index (χ2v) is 10.1. The molecular weight excluding hydrogens is 490 g/mol. The maximum Gasteiger partial charge on any atom is 0.146 e. The number of rotatable bonds is 2. The average Bonchev–Trinajstić information content (AvgIpc) is 3.57. The highest BCUT2D eigenvalue weighted by atomic mass is 15.1. The van der Waals surface area contributed by atoms with Crippen molar-refractivity contribution in [3.63, 3.8) is 0 Å². The lowest BCUT2D eigenvalue weighted by atomic mass is 10.0. The van der Waals surface area contributed by atoms with Gasteiger partial charge in [-0.05, 0) is 66.0 Å². The van der Waals surface area contributed by atoms with Gasteiger partial charge < -0.3 is 0 Å². The van der Waals surface area contributed by atoms with E-state index in [1.807, 2.05) is 24.3 Å². The van der Waals surface area contributed by atoms with Crippen LogP contribution in [0.3, 0.4) is 0 Å². The van der Waals surface area contributed by atoms with Gasteiger partial charge in [-0.25, -0.2) is 9.97 Å². The Labute approximate surface area is 228 Å². The van der Waals surface area contributed by atoms with Crippen LogP contribution in [0.15, 0.2) is 128 Å². The zero-order chi connectivity index (χ0) is 26.2. The summed E-state index contributed by atoms with van der Waals surface area (Å²) in [6.45, 7) is 0. The topological polar surface area (TPSA) is 48.0 Å². The second-order valence-electron chi connectivity index (χ2n) is 10.1. The van der Waals surface area contributed by atoms with Gasteiger partial charge in [-0.1, -0.05) is 60.7 Å². The van der Waals surface area contributed by atoms with Crippen LogP contribution >= 0.6 is 0 Å². The number of benzene rings is 4. The van der Waals surface area contributed by atoms with Crippen molar-refractivity contribution < 1.29 is 0 Å². The minimum atomic E-state index is 0.845. The third-order valence-corrected chi connectivity index (χ3v) is 7.94. The van der Waals surface area contributed by atoms with Gasteiger partial charge in [0.2, 0.25) is 0 Å². The molecule has 0 spiro atoms. The van der Waals surface area contributed by atoms with Gasteiger partial charge in [-0.15, -0.1) is 0 Å². The fourth-order valence-corrected chi connectivity index (χ4v) is 6.22. The van der Waals surface area contributed by atoms with Gasteiger partial charge in [-0.2, -0.15) is 0 Å². The maximum absolute atomic E-state index is 5.14. The van der Waals surface area contributed by atoms with Gasteiger partial charge >= 0.3 is 0 Å². The van der Waals surface area contributed by atoms with Crippen molar-refractivity contribution in [1.82, 2.24) is 23.9 Å². The van der Waals surface area contributed by atoms with Crippen LogP contribution in [0.5, 0.6) is 0 Å². The molecule has 9 aromatic rings. The molecule has 0 aliphatic carbocycles. The SMILES string of the molecule is c1ccc(-c2cccc(-n3c4ccccc4c4cc5c6ccccc6n6c7ccccc7nc6c5cc43)n2)nc1. The lowest BCUT2D eigenvalue weighted by molar-refractivity contribution is 1.08. The third kappa shape index (κ3) is 2.89. The number of para-hydroxylation sites is 4. The summed E-state index contributed by atoms with van der Waals surface area (Å²) in [5, 5.41) is 5.92. The van der Waals surface area contributed by atoms with Crippen LogP contribution in [0.4, 0.5) is 0 Å². The monoisotopic (exact) mass is 511 g/mol. The summed E-state index contributed by atoms with van der Waals surface area (Å²) in [5.41, 5.74) is 8.14. The van der Waals surface area contributed by atoms with Crippen molar-refractivity contribution in [1.29, 1.82) is 0 Å². The summed E-state index contributed by atoms with van der Waals surface area (Å²) >= 11 is 0. The molecule has 5 aromatic heterocycles. The molecule has 0 amide bonds. The van der Waals surface area contributed by atoms with Gasteiger partial charge in [0.05, 0.1) is 39.0 Å². The lowest BCUT2D eigenvalue weighted by Crippen LogP contribution is -1.99. The van der Waals surface area contributed by atoms with E-state index in [2.05, 4.69) is 111 Å². The molecule has 0 aliphatic heterocycles. The van der Waals surface area contributed by atoms with Gasteiger partial charge in [-0.3, -0.25) is 14.0 Å². The predicted molar refractivity (Wildman–Crippen MR) is 163 cm³/mol. The van der Waals surface area contributed by atoms with E-state index in [1.165, 1.54) is 21.5 Å².